The molecule has 2 heterocycles. The molecule has 0 aliphatic carbocycles. The summed E-state index contributed by atoms with van der Waals surface area (Å²) in [5, 5.41) is 4.29. The van der Waals surface area contributed by atoms with Crippen LogP contribution in [0.1, 0.15) is 22.6 Å². The van der Waals surface area contributed by atoms with E-state index in [9.17, 15) is 0 Å². The normalized spacial score (nSPS) is 10.9. The molecule has 15 heavy (non-hydrogen) atoms. The van der Waals surface area contributed by atoms with Gasteiger partial charge in [0.2, 0.25) is 0 Å². The predicted octanol–water partition coefficient (Wildman–Crippen LogP) is 1.29. The van der Waals surface area contributed by atoms with Gasteiger partial charge < -0.3 is 5.73 Å². The van der Waals surface area contributed by atoms with E-state index in [1.54, 1.807) is 4.52 Å². The minimum Gasteiger partial charge on any atom is -0.389 e. The van der Waals surface area contributed by atoms with Gasteiger partial charge in [0, 0.05) is 5.69 Å². The van der Waals surface area contributed by atoms with Crippen molar-refractivity contribution in [3.63, 3.8) is 0 Å². The fourth-order valence-electron chi connectivity index (χ4n) is 1.75. The Morgan fingerprint density at radius 3 is 2.67 bits per heavy atom. The van der Waals surface area contributed by atoms with Crippen LogP contribution in [0.25, 0.3) is 5.65 Å². The SMILES string of the molecule is Cc1nc2c(C(N)=S)c(C)cc(C)n2n1. The van der Waals surface area contributed by atoms with Crippen LogP contribution < -0.4 is 5.73 Å². The molecule has 2 aromatic heterocycles. The summed E-state index contributed by atoms with van der Waals surface area (Å²) in [6.45, 7) is 5.81. The number of thiocarbonyl (C=S) groups is 1. The Labute approximate surface area is 93.1 Å². The Morgan fingerprint density at radius 2 is 2.07 bits per heavy atom. The quantitative estimate of drug-likeness (QED) is 0.736. The molecule has 0 aliphatic heterocycles. The summed E-state index contributed by atoms with van der Waals surface area (Å²) in [5.41, 5.74) is 9.33. The van der Waals surface area contributed by atoms with E-state index in [0.29, 0.717) is 4.99 Å². The minimum atomic E-state index is 0.366. The molecule has 0 saturated heterocycles. The van der Waals surface area contributed by atoms with Crippen LogP contribution in [-0.4, -0.2) is 19.6 Å². The van der Waals surface area contributed by atoms with Gasteiger partial charge in [-0.2, -0.15) is 5.10 Å². The largest absolute Gasteiger partial charge is 0.389 e. The summed E-state index contributed by atoms with van der Waals surface area (Å²) in [4.78, 5) is 4.71. The van der Waals surface area contributed by atoms with Crippen molar-refractivity contribution in [2.24, 2.45) is 5.73 Å². The molecular weight excluding hydrogens is 208 g/mol. The topological polar surface area (TPSA) is 56.2 Å². The lowest BCUT2D eigenvalue weighted by Crippen LogP contribution is -2.14. The Bertz CT molecular complexity index is 556. The first kappa shape index (κ1) is 10.0. The molecule has 0 aliphatic rings. The lowest BCUT2D eigenvalue weighted by molar-refractivity contribution is 0.888. The lowest BCUT2D eigenvalue weighted by atomic mass is 10.1. The Balaban J connectivity index is 2.95. The molecule has 78 valence electrons. The van der Waals surface area contributed by atoms with Gasteiger partial charge in [-0.05, 0) is 32.4 Å². The Morgan fingerprint density at radius 1 is 1.40 bits per heavy atom. The number of fused-ring (bicyclic) bond motifs is 1. The molecule has 0 fully saturated rings. The number of hydrogen-bond acceptors (Lipinski definition) is 3. The van der Waals surface area contributed by atoms with E-state index in [0.717, 1.165) is 28.3 Å². The molecule has 2 aromatic rings. The van der Waals surface area contributed by atoms with Crippen molar-refractivity contribution in [1.82, 2.24) is 14.6 Å². The van der Waals surface area contributed by atoms with Crippen molar-refractivity contribution in [1.29, 1.82) is 0 Å². The number of pyridine rings is 1. The molecule has 0 atom stereocenters. The van der Waals surface area contributed by atoms with E-state index < -0.39 is 0 Å². The van der Waals surface area contributed by atoms with Crippen LogP contribution in [-0.2, 0) is 0 Å². The predicted molar refractivity (Wildman–Crippen MR) is 63.1 cm³/mol. The van der Waals surface area contributed by atoms with Gasteiger partial charge in [-0.15, -0.1) is 0 Å². The second-order valence-electron chi connectivity index (χ2n) is 3.60. The highest BCUT2D eigenvalue weighted by Gasteiger charge is 2.13. The van der Waals surface area contributed by atoms with E-state index >= 15 is 0 Å². The van der Waals surface area contributed by atoms with E-state index in [2.05, 4.69) is 10.1 Å². The molecule has 2 N–H and O–H groups in total. The zero-order chi connectivity index (χ0) is 11.2. The van der Waals surface area contributed by atoms with Crippen LogP contribution in [0.3, 0.4) is 0 Å². The van der Waals surface area contributed by atoms with Crippen LogP contribution in [0.4, 0.5) is 0 Å². The van der Waals surface area contributed by atoms with Gasteiger partial charge >= 0.3 is 0 Å². The maximum Gasteiger partial charge on any atom is 0.166 e. The third kappa shape index (κ3) is 1.48. The number of aromatic nitrogens is 3. The van der Waals surface area contributed by atoms with E-state index in [4.69, 9.17) is 18.0 Å². The van der Waals surface area contributed by atoms with Gasteiger partial charge in [0.15, 0.2) is 5.65 Å². The molecule has 4 nitrogen and oxygen atoms in total. The highest BCUT2D eigenvalue weighted by Crippen LogP contribution is 2.16. The average Bonchev–Trinajstić information content (AvgIpc) is 2.45. The molecule has 0 aromatic carbocycles. The Hall–Kier alpha value is -1.49. The van der Waals surface area contributed by atoms with Crippen LogP contribution in [0, 0.1) is 20.8 Å². The van der Waals surface area contributed by atoms with Gasteiger partial charge in [-0.3, -0.25) is 0 Å². The first-order valence-corrected chi connectivity index (χ1v) is 5.05. The van der Waals surface area contributed by atoms with Gasteiger partial charge in [0.1, 0.15) is 10.8 Å². The fraction of sp³-hybridized carbons (Fsp3) is 0.300. The second-order valence-corrected chi connectivity index (χ2v) is 4.04. The van der Waals surface area contributed by atoms with Crippen LogP contribution >= 0.6 is 12.2 Å². The number of rotatable bonds is 1. The molecule has 0 radical (unpaired) electrons. The third-order valence-corrected chi connectivity index (χ3v) is 2.54. The molecular formula is C10H12N4S. The van der Waals surface area contributed by atoms with Crippen molar-refractivity contribution in [2.75, 3.05) is 0 Å². The molecule has 0 amide bonds. The van der Waals surface area contributed by atoms with Gasteiger partial charge in [0.25, 0.3) is 0 Å². The van der Waals surface area contributed by atoms with Crippen molar-refractivity contribution in [2.45, 2.75) is 20.8 Å². The van der Waals surface area contributed by atoms with E-state index in [1.807, 2.05) is 26.8 Å². The van der Waals surface area contributed by atoms with Crippen molar-refractivity contribution >= 4 is 22.9 Å². The summed E-state index contributed by atoms with van der Waals surface area (Å²) in [5.74, 6) is 0.723. The number of nitrogens with zero attached hydrogens (tertiary/aromatic N) is 3. The van der Waals surface area contributed by atoms with Crippen molar-refractivity contribution in [3.05, 3.63) is 28.7 Å². The molecule has 0 unspecified atom stereocenters. The summed E-state index contributed by atoms with van der Waals surface area (Å²) in [6, 6.07) is 2.01. The summed E-state index contributed by atoms with van der Waals surface area (Å²) in [6.07, 6.45) is 0. The van der Waals surface area contributed by atoms with E-state index in [1.165, 1.54) is 0 Å². The maximum atomic E-state index is 5.69. The van der Waals surface area contributed by atoms with E-state index in [-0.39, 0.29) is 0 Å². The number of aryl methyl sites for hydroxylation is 3. The number of nitrogens with two attached hydrogens (primary N) is 1. The zero-order valence-corrected chi connectivity index (χ0v) is 9.72. The first-order chi connectivity index (χ1) is 7.00. The van der Waals surface area contributed by atoms with Crippen molar-refractivity contribution in [3.8, 4) is 0 Å². The molecule has 0 bridgehead atoms. The highest BCUT2D eigenvalue weighted by molar-refractivity contribution is 7.80. The molecule has 2 rings (SSSR count). The van der Waals surface area contributed by atoms with Gasteiger partial charge in [0.05, 0.1) is 5.56 Å². The van der Waals surface area contributed by atoms with Crippen LogP contribution in [0.5, 0.6) is 0 Å². The lowest BCUT2D eigenvalue weighted by Gasteiger charge is -2.07. The summed E-state index contributed by atoms with van der Waals surface area (Å²) >= 11 is 5.03. The Kier molecular flexibility index (Phi) is 2.19. The monoisotopic (exact) mass is 220 g/mol. The standard InChI is InChI=1S/C10H12N4S/c1-5-4-6(2)14-10(8(5)9(11)15)12-7(3)13-14/h4H,1-3H3,(H2,11,15). The molecule has 5 heteroatoms. The fourth-order valence-corrected chi connectivity index (χ4v) is 2.00. The number of hydrogen-bond donors (Lipinski definition) is 1. The zero-order valence-electron chi connectivity index (χ0n) is 8.90. The minimum absolute atomic E-state index is 0.366. The highest BCUT2D eigenvalue weighted by atomic mass is 32.1. The molecule has 0 spiro atoms. The second kappa shape index (κ2) is 3.27. The molecule has 0 saturated carbocycles. The average molecular weight is 220 g/mol. The van der Waals surface area contributed by atoms with Crippen molar-refractivity contribution < 1.29 is 0 Å². The maximum absolute atomic E-state index is 5.69. The smallest absolute Gasteiger partial charge is 0.166 e. The first-order valence-electron chi connectivity index (χ1n) is 4.64. The van der Waals surface area contributed by atoms with Crippen LogP contribution in [0.2, 0.25) is 0 Å². The van der Waals surface area contributed by atoms with Gasteiger partial charge in [-0.25, -0.2) is 9.50 Å². The summed E-state index contributed by atoms with van der Waals surface area (Å²) < 4.78 is 1.77. The van der Waals surface area contributed by atoms with Gasteiger partial charge in [-0.1, -0.05) is 12.2 Å². The third-order valence-electron chi connectivity index (χ3n) is 2.34. The summed E-state index contributed by atoms with van der Waals surface area (Å²) in [7, 11) is 0. The van der Waals surface area contributed by atoms with Crippen LogP contribution in [0.15, 0.2) is 6.07 Å².